The molecule has 2 aromatic carbocycles. The summed E-state index contributed by atoms with van der Waals surface area (Å²) in [5.74, 6) is 2.00. The van der Waals surface area contributed by atoms with Crippen molar-refractivity contribution >= 4 is 29.0 Å². The van der Waals surface area contributed by atoms with Gasteiger partial charge in [-0.05, 0) is 23.8 Å². The van der Waals surface area contributed by atoms with E-state index in [1.165, 1.54) is 24.9 Å². The van der Waals surface area contributed by atoms with Gasteiger partial charge in [-0.1, -0.05) is 6.07 Å². The molecule has 0 spiro atoms. The zero-order chi connectivity index (χ0) is 19.2. The van der Waals surface area contributed by atoms with Crippen molar-refractivity contribution in [1.82, 2.24) is 0 Å². The maximum absolute atomic E-state index is 12.1. The van der Waals surface area contributed by atoms with Gasteiger partial charge in [0.2, 0.25) is 5.91 Å². The number of hydrogen-bond donors (Lipinski definition) is 1. The van der Waals surface area contributed by atoms with Crippen molar-refractivity contribution in [3.05, 3.63) is 52.1 Å². The number of nitro benzene ring substituents is 1. The Hall–Kier alpha value is -2.94. The van der Waals surface area contributed by atoms with Crippen LogP contribution in [-0.4, -0.2) is 36.9 Å². The number of rotatable bonds is 7. The minimum atomic E-state index is -0.485. The van der Waals surface area contributed by atoms with Gasteiger partial charge in [-0.25, -0.2) is 0 Å². The molecule has 0 aliphatic carbocycles. The zero-order valence-corrected chi connectivity index (χ0v) is 15.4. The predicted molar refractivity (Wildman–Crippen MR) is 102 cm³/mol. The standard InChI is InChI=1S/C18H18N2O6S/c1-24-15-4-2-12(8-14(15)20(22)23)10-27-11-18(21)19-13-3-5-16-17(9-13)26-7-6-25-16/h2-5,8-9H,6-7,10-11H2,1H3,(H,19,21). The molecule has 1 heterocycles. The summed E-state index contributed by atoms with van der Waals surface area (Å²) in [5, 5.41) is 13.9. The van der Waals surface area contributed by atoms with Gasteiger partial charge >= 0.3 is 5.69 Å². The van der Waals surface area contributed by atoms with Crippen LogP contribution < -0.4 is 19.5 Å². The van der Waals surface area contributed by atoms with Crippen LogP contribution in [0.2, 0.25) is 0 Å². The van der Waals surface area contributed by atoms with E-state index >= 15 is 0 Å². The Morgan fingerprint density at radius 1 is 1.22 bits per heavy atom. The number of amides is 1. The first-order valence-electron chi connectivity index (χ1n) is 8.15. The first-order valence-corrected chi connectivity index (χ1v) is 9.31. The molecule has 0 atom stereocenters. The molecule has 3 rings (SSSR count). The van der Waals surface area contributed by atoms with Crippen molar-refractivity contribution in [2.24, 2.45) is 0 Å². The minimum Gasteiger partial charge on any atom is -0.490 e. The summed E-state index contributed by atoms with van der Waals surface area (Å²) >= 11 is 1.36. The van der Waals surface area contributed by atoms with Crippen LogP contribution in [0.25, 0.3) is 0 Å². The number of carbonyl (C=O) groups is 1. The van der Waals surface area contributed by atoms with E-state index in [9.17, 15) is 14.9 Å². The fourth-order valence-corrected chi connectivity index (χ4v) is 3.32. The molecule has 9 heteroatoms. The number of nitrogens with one attached hydrogen (secondary N) is 1. The third-order valence-electron chi connectivity index (χ3n) is 3.77. The third kappa shape index (κ3) is 4.82. The molecule has 8 nitrogen and oxygen atoms in total. The Bertz CT molecular complexity index is 858. The van der Waals surface area contributed by atoms with Crippen molar-refractivity contribution in [3.63, 3.8) is 0 Å². The maximum Gasteiger partial charge on any atom is 0.311 e. The van der Waals surface area contributed by atoms with Crippen LogP contribution in [0, 0.1) is 10.1 Å². The van der Waals surface area contributed by atoms with E-state index in [2.05, 4.69) is 5.32 Å². The second kappa shape index (κ2) is 8.63. The predicted octanol–water partition coefficient (Wildman–Crippen LogP) is 3.25. The lowest BCUT2D eigenvalue weighted by molar-refractivity contribution is -0.385. The van der Waals surface area contributed by atoms with Crippen molar-refractivity contribution in [2.45, 2.75) is 5.75 Å². The van der Waals surface area contributed by atoms with Crippen LogP contribution in [0.4, 0.5) is 11.4 Å². The number of hydrogen-bond acceptors (Lipinski definition) is 7. The molecule has 1 aliphatic rings. The van der Waals surface area contributed by atoms with Gasteiger partial charge in [-0.15, -0.1) is 11.8 Å². The smallest absolute Gasteiger partial charge is 0.311 e. The van der Waals surface area contributed by atoms with E-state index in [0.717, 1.165) is 5.56 Å². The van der Waals surface area contributed by atoms with E-state index in [-0.39, 0.29) is 23.1 Å². The number of methoxy groups -OCH3 is 1. The molecule has 0 aromatic heterocycles. The van der Waals surface area contributed by atoms with E-state index in [1.807, 2.05) is 0 Å². The average molecular weight is 390 g/mol. The number of anilines is 1. The van der Waals surface area contributed by atoms with Crippen LogP contribution in [-0.2, 0) is 10.5 Å². The number of nitrogens with zero attached hydrogens (tertiary/aromatic N) is 1. The summed E-state index contributed by atoms with van der Waals surface area (Å²) in [6.07, 6.45) is 0. The topological polar surface area (TPSA) is 99.9 Å². The summed E-state index contributed by atoms with van der Waals surface area (Å²) in [6.45, 7) is 0.993. The molecular formula is C18H18N2O6S. The molecule has 0 bridgehead atoms. The molecule has 1 aliphatic heterocycles. The van der Waals surface area contributed by atoms with Crippen LogP contribution >= 0.6 is 11.8 Å². The van der Waals surface area contributed by atoms with Gasteiger partial charge in [-0.3, -0.25) is 14.9 Å². The lowest BCUT2D eigenvalue weighted by atomic mass is 10.2. The van der Waals surface area contributed by atoms with Gasteiger partial charge in [-0.2, -0.15) is 0 Å². The summed E-state index contributed by atoms with van der Waals surface area (Å²) < 4.78 is 15.9. The van der Waals surface area contributed by atoms with Gasteiger partial charge in [0.1, 0.15) is 13.2 Å². The van der Waals surface area contributed by atoms with Crippen molar-refractivity contribution < 1.29 is 23.9 Å². The first-order chi connectivity index (χ1) is 13.1. The largest absolute Gasteiger partial charge is 0.490 e. The molecule has 1 N–H and O–H groups in total. The number of ether oxygens (including phenoxy) is 3. The SMILES string of the molecule is COc1ccc(CSCC(=O)Nc2ccc3c(c2)OCCO3)cc1[N+](=O)[O-]. The van der Waals surface area contributed by atoms with Gasteiger partial charge in [0, 0.05) is 23.6 Å². The van der Waals surface area contributed by atoms with Gasteiger partial charge < -0.3 is 19.5 Å². The van der Waals surface area contributed by atoms with Crippen LogP contribution in [0.5, 0.6) is 17.2 Å². The van der Waals surface area contributed by atoms with Crippen LogP contribution in [0.3, 0.4) is 0 Å². The summed E-state index contributed by atoms with van der Waals surface area (Å²) in [7, 11) is 1.39. The number of carbonyl (C=O) groups excluding carboxylic acids is 1. The Morgan fingerprint density at radius 3 is 2.74 bits per heavy atom. The lowest BCUT2D eigenvalue weighted by Crippen LogP contribution is -2.17. The number of benzene rings is 2. The number of nitro groups is 1. The van der Waals surface area contributed by atoms with Gasteiger partial charge in [0.25, 0.3) is 0 Å². The zero-order valence-electron chi connectivity index (χ0n) is 14.6. The fourth-order valence-electron chi connectivity index (χ4n) is 2.55. The summed E-state index contributed by atoms with van der Waals surface area (Å²) in [6, 6.07) is 10.0. The molecule has 0 saturated heterocycles. The van der Waals surface area contributed by atoms with E-state index in [1.54, 1.807) is 30.3 Å². The highest BCUT2D eigenvalue weighted by atomic mass is 32.2. The second-order valence-electron chi connectivity index (χ2n) is 5.66. The highest BCUT2D eigenvalue weighted by Gasteiger charge is 2.16. The molecule has 0 fully saturated rings. The quantitative estimate of drug-likeness (QED) is 0.572. The summed E-state index contributed by atoms with van der Waals surface area (Å²) in [4.78, 5) is 22.7. The normalized spacial score (nSPS) is 12.3. The Morgan fingerprint density at radius 2 is 2.00 bits per heavy atom. The Labute approximate surface area is 160 Å². The number of fused-ring (bicyclic) bond motifs is 1. The molecule has 1 amide bonds. The molecule has 2 aromatic rings. The molecular weight excluding hydrogens is 372 g/mol. The maximum atomic E-state index is 12.1. The van der Waals surface area contributed by atoms with Gasteiger partial charge in [0.05, 0.1) is 17.8 Å². The van der Waals surface area contributed by atoms with Gasteiger partial charge in [0.15, 0.2) is 17.2 Å². The Kier molecular flexibility index (Phi) is 6.02. The molecule has 0 unspecified atom stereocenters. The molecule has 0 radical (unpaired) electrons. The molecule has 27 heavy (non-hydrogen) atoms. The molecule has 0 saturated carbocycles. The van der Waals surface area contributed by atoms with Crippen LogP contribution in [0.1, 0.15) is 5.56 Å². The first kappa shape index (κ1) is 18.8. The van der Waals surface area contributed by atoms with E-state index in [4.69, 9.17) is 14.2 Å². The highest BCUT2D eigenvalue weighted by Crippen LogP contribution is 2.33. The summed E-state index contributed by atoms with van der Waals surface area (Å²) in [5.41, 5.74) is 1.29. The second-order valence-corrected chi connectivity index (χ2v) is 6.65. The van der Waals surface area contributed by atoms with Crippen molar-refractivity contribution in [1.29, 1.82) is 0 Å². The lowest BCUT2D eigenvalue weighted by Gasteiger charge is -2.19. The third-order valence-corrected chi connectivity index (χ3v) is 4.77. The van der Waals surface area contributed by atoms with Crippen LogP contribution in [0.15, 0.2) is 36.4 Å². The Balaban J connectivity index is 1.52. The van der Waals surface area contributed by atoms with Crippen molar-refractivity contribution in [2.75, 3.05) is 31.4 Å². The average Bonchev–Trinajstić information content (AvgIpc) is 2.67. The van der Waals surface area contributed by atoms with E-state index < -0.39 is 4.92 Å². The van der Waals surface area contributed by atoms with Crippen molar-refractivity contribution in [3.8, 4) is 17.2 Å². The fraction of sp³-hybridized carbons (Fsp3) is 0.278. The minimum absolute atomic E-state index is 0.0867. The van der Waals surface area contributed by atoms with E-state index in [0.29, 0.717) is 36.2 Å². The number of thioether (sulfide) groups is 1. The monoisotopic (exact) mass is 390 g/mol. The molecule has 142 valence electrons. The highest BCUT2D eigenvalue weighted by molar-refractivity contribution is 7.99.